The minimum absolute atomic E-state index is 0.0246. The van der Waals surface area contributed by atoms with Gasteiger partial charge in [-0.15, -0.1) is 17.9 Å². The Balaban J connectivity index is 1.47. The summed E-state index contributed by atoms with van der Waals surface area (Å²) in [7, 11) is 0. The number of allylic oxidation sites excluding steroid dienone is 1. The van der Waals surface area contributed by atoms with Gasteiger partial charge in [0.25, 0.3) is 5.56 Å². The van der Waals surface area contributed by atoms with Crippen LogP contribution in [-0.2, 0) is 28.9 Å². The van der Waals surface area contributed by atoms with Gasteiger partial charge < -0.3 is 14.5 Å². The van der Waals surface area contributed by atoms with Crippen LogP contribution in [0.5, 0.6) is 0 Å². The Morgan fingerprint density at radius 2 is 1.91 bits per heavy atom. The van der Waals surface area contributed by atoms with Gasteiger partial charge in [-0.2, -0.15) is 0 Å². The number of piperazine rings is 1. The first kappa shape index (κ1) is 22.8. The molecule has 1 saturated heterocycles. The van der Waals surface area contributed by atoms with Crippen molar-refractivity contribution in [1.29, 1.82) is 0 Å². The van der Waals surface area contributed by atoms with Gasteiger partial charge in [0.2, 0.25) is 5.91 Å². The van der Waals surface area contributed by atoms with E-state index in [-0.39, 0.29) is 23.3 Å². The van der Waals surface area contributed by atoms with Crippen LogP contribution < -0.4 is 5.56 Å². The van der Waals surface area contributed by atoms with Crippen molar-refractivity contribution in [2.45, 2.75) is 44.3 Å². The molecule has 1 fully saturated rings. The summed E-state index contributed by atoms with van der Waals surface area (Å²) in [4.78, 5) is 48.1. The molecule has 1 aliphatic carbocycles. The van der Waals surface area contributed by atoms with E-state index in [1.807, 2.05) is 0 Å². The molecule has 1 aliphatic heterocycles. The molecule has 0 N–H and O–H groups in total. The number of aromatic nitrogens is 2. The van der Waals surface area contributed by atoms with Crippen molar-refractivity contribution in [3.8, 4) is 0 Å². The molecular formula is C22H28N4O4S2. The maximum absolute atomic E-state index is 13.3. The van der Waals surface area contributed by atoms with Crippen LogP contribution in [0.1, 0.15) is 30.2 Å². The fourth-order valence-electron chi connectivity index (χ4n) is 4.19. The average Bonchev–Trinajstić information content (AvgIpc) is 3.18. The number of rotatable bonds is 6. The first-order valence-corrected chi connectivity index (χ1v) is 12.8. The Bertz CT molecular complexity index is 1090. The number of aryl methyl sites for hydroxylation is 2. The highest BCUT2D eigenvalue weighted by Crippen LogP contribution is 2.34. The lowest BCUT2D eigenvalue weighted by Gasteiger charge is -2.34. The normalized spacial score (nSPS) is 16.2. The standard InChI is InChI=1S/C22H28N4O4S2/c1-3-9-26-20(28)18-15-7-5-6-8-16(15)32-19(18)23-21(26)31-14-17(27)24-10-12-25(13-11-24)22(29)30-4-2/h3H,1,4-14H2,2H3. The number of hydrogen-bond donors (Lipinski definition) is 0. The number of hydrogen-bond acceptors (Lipinski definition) is 7. The quantitative estimate of drug-likeness (QED) is 0.362. The van der Waals surface area contributed by atoms with Crippen LogP contribution in [0.2, 0.25) is 0 Å². The molecule has 32 heavy (non-hydrogen) atoms. The first-order chi connectivity index (χ1) is 15.5. The van der Waals surface area contributed by atoms with Crippen molar-refractivity contribution in [1.82, 2.24) is 19.4 Å². The molecule has 2 aromatic rings. The zero-order valence-electron chi connectivity index (χ0n) is 18.3. The molecule has 0 unspecified atom stereocenters. The second-order valence-corrected chi connectivity index (χ2v) is 9.87. The number of carbonyl (C=O) groups is 2. The van der Waals surface area contributed by atoms with Gasteiger partial charge in [-0.25, -0.2) is 9.78 Å². The fraction of sp³-hybridized carbons (Fsp3) is 0.545. The minimum atomic E-state index is -0.335. The molecule has 0 atom stereocenters. The molecule has 0 saturated carbocycles. The lowest BCUT2D eigenvalue weighted by molar-refractivity contribution is -0.129. The van der Waals surface area contributed by atoms with Crippen molar-refractivity contribution < 1.29 is 14.3 Å². The van der Waals surface area contributed by atoms with Crippen LogP contribution in [0, 0.1) is 0 Å². The molecule has 0 spiro atoms. The van der Waals surface area contributed by atoms with Gasteiger partial charge in [0.05, 0.1) is 17.7 Å². The Hall–Kier alpha value is -2.33. The Kier molecular flexibility index (Phi) is 7.20. The van der Waals surface area contributed by atoms with E-state index in [1.165, 1.54) is 22.2 Å². The number of thioether (sulfide) groups is 1. The zero-order chi connectivity index (χ0) is 22.7. The number of thiophene rings is 1. The van der Waals surface area contributed by atoms with E-state index in [1.54, 1.807) is 38.7 Å². The topological polar surface area (TPSA) is 84.7 Å². The molecule has 2 amide bonds. The van der Waals surface area contributed by atoms with E-state index in [2.05, 4.69) is 6.58 Å². The van der Waals surface area contributed by atoms with E-state index in [0.717, 1.165) is 35.9 Å². The van der Waals surface area contributed by atoms with Crippen LogP contribution in [0.3, 0.4) is 0 Å². The molecule has 0 aromatic carbocycles. The van der Waals surface area contributed by atoms with Crippen molar-refractivity contribution in [2.24, 2.45) is 0 Å². The largest absolute Gasteiger partial charge is 0.450 e. The lowest BCUT2D eigenvalue weighted by Crippen LogP contribution is -2.51. The van der Waals surface area contributed by atoms with Crippen LogP contribution in [-0.4, -0.2) is 69.9 Å². The van der Waals surface area contributed by atoms with Crippen molar-refractivity contribution in [2.75, 3.05) is 38.5 Å². The monoisotopic (exact) mass is 476 g/mol. The summed E-state index contributed by atoms with van der Waals surface area (Å²) in [5, 5.41) is 1.30. The first-order valence-electron chi connectivity index (χ1n) is 11.0. The van der Waals surface area contributed by atoms with Crippen LogP contribution in [0.25, 0.3) is 10.2 Å². The second-order valence-electron chi connectivity index (χ2n) is 7.85. The summed E-state index contributed by atoms with van der Waals surface area (Å²) >= 11 is 2.91. The van der Waals surface area contributed by atoms with Crippen molar-refractivity contribution in [3.63, 3.8) is 0 Å². The van der Waals surface area contributed by atoms with E-state index >= 15 is 0 Å². The third-order valence-corrected chi connectivity index (χ3v) is 7.98. The summed E-state index contributed by atoms with van der Waals surface area (Å²) in [6.45, 7) is 8.13. The third-order valence-electron chi connectivity index (χ3n) is 5.83. The molecule has 2 aliphatic rings. The smallest absolute Gasteiger partial charge is 0.409 e. The molecule has 172 valence electrons. The summed E-state index contributed by atoms with van der Waals surface area (Å²) in [6, 6.07) is 0. The van der Waals surface area contributed by atoms with E-state index < -0.39 is 0 Å². The molecule has 2 aromatic heterocycles. The highest BCUT2D eigenvalue weighted by Gasteiger charge is 2.26. The van der Waals surface area contributed by atoms with Crippen molar-refractivity contribution in [3.05, 3.63) is 33.4 Å². The number of ether oxygens (including phenoxy) is 1. The zero-order valence-corrected chi connectivity index (χ0v) is 19.9. The van der Waals surface area contributed by atoms with E-state index in [4.69, 9.17) is 9.72 Å². The van der Waals surface area contributed by atoms with Crippen molar-refractivity contribution >= 4 is 45.3 Å². The Morgan fingerprint density at radius 3 is 2.62 bits per heavy atom. The second kappa shape index (κ2) is 10.1. The van der Waals surface area contributed by atoms with Gasteiger partial charge >= 0.3 is 6.09 Å². The maximum atomic E-state index is 13.3. The van der Waals surface area contributed by atoms with Gasteiger partial charge in [-0.05, 0) is 38.2 Å². The van der Waals surface area contributed by atoms with Crippen LogP contribution in [0.15, 0.2) is 22.6 Å². The minimum Gasteiger partial charge on any atom is -0.450 e. The molecule has 4 rings (SSSR count). The number of fused-ring (bicyclic) bond motifs is 3. The molecule has 3 heterocycles. The predicted molar refractivity (Wildman–Crippen MR) is 127 cm³/mol. The van der Waals surface area contributed by atoms with Gasteiger partial charge in [-0.1, -0.05) is 17.8 Å². The molecule has 0 radical (unpaired) electrons. The summed E-state index contributed by atoms with van der Waals surface area (Å²) in [5.74, 6) is 0.169. The highest BCUT2D eigenvalue weighted by atomic mass is 32.2. The number of carbonyl (C=O) groups excluding carboxylic acids is 2. The predicted octanol–water partition coefficient (Wildman–Crippen LogP) is 2.92. The van der Waals surface area contributed by atoms with Gasteiger partial charge in [0.1, 0.15) is 4.83 Å². The molecule has 8 nitrogen and oxygen atoms in total. The average molecular weight is 477 g/mol. The molecule has 10 heteroatoms. The maximum Gasteiger partial charge on any atom is 0.409 e. The van der Waals surface area contributed by atoms with E-state index in [0.29, 0.717) is 44.5 Å². The molecule has 0 bridgehead atoms. The number of amides is 2. The van der Waals surface area contributed by atoms with Gasteiger partial charge in [-0.3, -0.25) is 14.2 Å². The SMILES string of the molecule is C=CCn1c(SCC(=O)N2CCN(C(=O)OCC)CC2)nc2sc3c(c2c1=O)CCCC3. The Labute approximate surface area is 195 Å². The fourth-order valence-corrected chi connectivity index (χ4v) is 6.40. The van der Waals surface area contributed by atoms with Crippen LogP contribution in [0.4, 0.5) is 4.79 Å². The van der Waals surface area contributed by atoms with E-state index in [9.17, 15) is 14.4 Å². The summed E-state index contributed by atoms with van der Waals surface area (Å²) in [5.41, 5.74) is 1.13. The molecular weight excluding hydrogens is 448 g/mol. The lowest BCUT2D eigenvalue weighted by atomic mass is 9.97. The third kappa shape index (κ3) is 4.56. The van der Waals surface area contributed by atoms with Gasteiger partial charge in [0.15, 0.2) is 5.16 Å². The van der Waals surface area contributed by atoms with Gasteiger partial charge in [0, 0.05) is 37.6 Å². The van der Waals surface area contributed by atoms with Crippen LogP contribution >= 0.6 is 23.1 Å². The Morgan fingerprint density at radius 1 is 1.19 bits per heavy atom. The highest BCUT2D eigenvalue weighted by molar-refractivity contribution is 7.99. The summed E-state index contributed by atoms with van der Waals surface area (Å²) in [6.07, 6.45) is 5.56. The number of nitrogens with zero attached hydrogens (tertiary/aromatic N) is 4. The summed E-state index contributed by atoms with van der Waals surface area (Å²) < 4.78 is 6.66.